The molecule has 2 aromatic carbocycles. The summed E-state index contributed by atoms with van der Waals surface area (Å²) >= 11 is 3.44. The molecule has 2 amide bonds. The van der Waals surface area contributed by atoms with Gasteiger partial charge in [-0.2, -0.15) is 0 Å². The Labute approximate surface area is 138 Å². The Bertz CT molecular complexity index is 696. The molecule has 2 N–H and O–H groups in total. The number of nitrogens with one attached hydrogen (secondary N) is 2. The maximum Gasteiger partial charge on any atom is 0.228 e. The topological polar surface area (TPSA) is 58.2 Å². The average Bonchev–Trinajstić information content (AvgIpc) is 2.44. The highest BCUT2D eigenvalue weighted by atomic mass is 79.9. The lowest BCUT2D eigenvalue weighted by molar-refractivity contribution is -0.116. The van der Waals surface area contributed by atoms with Crippen molar-refractivity contribution in [1.82, 2.24) is 0 Å². The van der Waals surface area contributed by atoms with Crippen molar-refractivity contribution in [3.05, 3.63) is 58.1 Å². The summed E-state index contributed by atoms with van der Waals surface area (Å²) in [7, 11) is 0. The fourth-order valence-corrected chi connectivity index (χ4v) is 2.35. The summed E-state index contributed by atoms with van der Waals surface area (Å²) in [6.07, 6.45) is 0.284. The average molecular weight is 361 g/mol. The molecule has 0 spiro atoms. The Morgan fingerprint density at radius 2 is 1.64 bits per heavy atom. The molecule has 2 aromatic rings. The summed E-state index contributed by atoms with van der Waals surface area (Å²) < 4.78 is 0.963. The molecule has 5 heteroatoms. The predicted molar refractivity (Wildman–Crippen MR) is 92.0 cm³/mol. The van der Waals surface area contributed by atoms with Gasteiger partial charge in [0.2, 0.25) is 11.8 Å². The van der Waals surface area contributed by atoms with Gasteiger partial charge in [-0.25, -0.2) is 0 Å². The van der Waals surface area contributed by atoms with Crippen LogP contribution in [0.15, 0.2) is 46.9 Å². The predicted octanol–water partition coefficient (Wildman–Crippen LogP) is 3.90. The largest absolute Gasteiger partial charge is 0.326 e. The molecule has 114 valence electrons. The van der Waals surface area contributed by atoms with Crippen LogP contribution < -0.4 is 10.6 Å². The molecular weight excluding hydrogens is 344 g/mol. The van der Waals surface area contributed by atoms with Gasteiger partial charge in [0.1, 0.15) is 0 Å². The molecule has 2 rings (SSSR count). The Morgan fingerprint density at radius 3 is 2.23 bits per heavy atom. The van der Waals surface area contributed by atoms with Crippen LogP contribution in [0.4, 0.5) is 11.4 Å². The molecule has 0 unspecified atom stereocenters. The number of anilines is 2. The Balaban J connectivity index is 1.96. The van der Waals surface area contributed by atoms with E-state index >= 15 is 0 Å². The van der Waals surface area contributed by atoms with Gasteiger partial charge in [0.25, 0.3) is 0 Å². The van der Waals surface area contributed by atoms with Crippen LogP contribution in [0, 0.1) is 6.92 Å². The highest BCUT2D eigenvalue weighted by molar-refractivity contribution is 9.10. The summed E-state index contributed by atoms with van der Waals surface area (Å²) in [5.41, 5.74) is 3.49. The number of amides is 2. The number of aryl methyl sites for hydroxylation is 1. The lowest BCUT2D eigenvalue weighted by atomic mass is 10.1. The van der Waals surface area contributed by atoms with Gasteiger partial charge in [-0.15, -0.1) is 0 Å². The van der Waals surface area contributed by atoms with E-state index in [1.54, 1.807) is 12.1 Å². The van der Waals surface area contributed by atoms with E-state index in [9.17, 15) is 9.59 Å². The van der Waals surface area contributed by atoms with Crippen LogP contribution in [0.5, 0.6) is 0 Å². The molecule has 0 aliphatic rings. The zero-order valence-electron chi connectivity index (χ0n) is 12.4. The Morgan fingerprint density at radius 1 is 1.00 bits per heavy atom. The minimum Gasteiger partial charge on any atom is -0.326 e. The van der Waals surface area contributed by atoms with Crippen LogP contribution in [0.1, 0.15) is 18.1 Å². The van der Waals surface area contributed by atoms with E-state index in [4.69, 9.17) is 0 Å². The van der Waals surface area contributed by atoms with Crippen molar-refractivity contribution in [1.29, 1.82) is 0 Å². The SMILES string of the molecule is CC(=O)Nc1ccc(CC(=O)Nc2ccc(C)c(Br)c2)cc1. The van der Waals surface area contributed by atoms with Gasteiger partial charge in [-0.3, -0.25) is 9.59 Å². The Kier molecular flexibility index (Phi) is 5.33. The molecule has 0 radical (unpaired) electrons. The third-order valence-electron chi connectivity index (χ3n) is 3.09. The molecule has 0 heterocycles. The standard InChI is InChI=1S/C17H17BrN2O2/c1-11-3-6-15(10-16(11)18)20-17(22)9-13-4-7-14(8-5-13)19-12(2)21/h3-8,10H,9H2,1-2H3,(H,19,21)(H,20,22). The van der Waals surface area contributed by atoms with Gasteiger partial charge in [-0.05, 0) is 42.3 Å². The van der Waals surface area contributed by atoms with Crippen LogP contribution >= 0.6 is 15.9 Å². The number of hydrogen-bond acceptors (Lipinski definition) is 2. The van der Waals surface area contributed by atoms with Crippen LogP contribution in [-0.2, 0) is 16.0 Å². The van der Waals surface area contributed by atoms with E-state index in [0.717, 1.165) is 27.0 Å². The van der Waals surface area contributed by atoms with Crippen molar-refractivity contribution < 1.29 is 9.59 Å². The number of carbonyl (C=O) groups excluding carboxylic acids is 2. The van der Waals surface area contributed by atoms with E-state index in [1.807, 2.05) is 37.3 Å². The summed E-state index contributed by atoms with van der Waals surface area (Å²) in [4.78, 5) is 23.0. The normalized spacial score (nSPS) is 10.1. The van der Waals surface area contributed by atoms with Crippen LogP contribution in [0.2, 0.25) is 0 Å². The zero-order valence-corrected chi connectivity index (χ0v) is 14.0. The summed E-state index contributed by atoms with van der Waals surface area (Å²) in [5.74, 6) is -0.196. The first-order chi connectivity index (χ1) is 10.4. The molecule has 0 aliphatic heterocycles. The smallest absolute Gasteiger partial charge is 0.228 e. The van der Waals surface area contributed by atoms with E-state index in [-0.39, 0.29) is 18.2 Å². The van der Waals surface area contributed by atoms with Crippen molar-refractivity contribution in [2.24, 2.45) is 0 Å². The monoisotopic (exact) mass is 360 g/mol. The zero-order chi connectivity index (χ0) is 16.1. The summed E-state index contributed by atoms with van der Waals surface area (Å²) in [5, 5.41) is 5.56. The summed E-state index contributed by atoms with van der Waals surface area (Å²) in [6, 6.07) is 12.9. The number of halogens is 1. The van der Waals surface area contributed by atoms with Crippen LogP contribution in [0.25, 0.3) is 0 Å². The Hall–Kier alpha value is -2.14. The van der Waals surface area contributed by atoms with E-state index in [1.165, 1.54) is 6.92 Å². The molecule has 0 bridgehead atoms. The van der Waals surface area contributed by atoms with Crippen LogP contribution in [-0.4, -0.2) is 11.8 Å². The van der Waals surface area contributed by atoms with Crippen LogP contribution in [0.3, 0.4) is 0 Å². The van der Waals surface area contributed by atoms with Gasteiger partial charge in [0.05, 0.1) is 6.42 Å². The second-order valence-electron chi connectivity index (χ2n) is 5.07. The lowest BCUT2D eigenvalue weighted by Gasteiger charge is -2.08. The molecule has 0 saturated carbocycles. The molecular formula is C17H17BrN2O2. The molecule has 0 atom stereocenters. The number of rotatable bonds is 4. The molecule has 22 heavy (non-hydrogen) atoms. The lowest BCUT2D eigenvalue weighted by Crippen LogP contribution is -2.14. The third kappa shape index (κ3) is 4.70. The van der Waals surface area contributed by atoms with E-state index in [2.05, 4.69) is 26.6 Å². The van der Waals surface area contributed by atoms with Gasteiger partial charge < -0.3 is 10.6 Å². The number of benzene rings is 2. The maximum atomic E-state index is 12.0. The van der Waals surface area contributed by atoms with Gasteiger partial charge in [0, 0.05) is 22.8 Å². The minimum absolute atomic E-state index is 0.0805. The molecule has 0 aliphatic carbocycles. The van der Waals surface area contributed by atoms with Gasteiger partial charge in [0.15, 0.2) is 0 Å². The highest BCUT2D eigenvalue weighted by Gasteiger charge is 2.06. The van der Waals surface area contributed by atoms with E-state index in [0.29, 0.717) is 0 Å². The van der Waals surface area contributed by atoms with Crippen molar-refractivity contribution in [3.63, 3.8) is 0 Å². The number of carbonyl (C=O) groups is 2. The number of hydrogen-bond donors (Lipinski definition) is 2. The maximum absolute atomic E-state index is 12.0. The first-order valence-electron chi connectivity index (χ1n) is 6.86. The summed E-state index contributed by atoms with van der Waals surface area (Å²) in [6.45, 7) is 3.45. The fourth-order valence-electron chi connectivity index (χ4n) is 1.97. The van der Waals surface area contributed by atoms with Crippen molar-refractivity contribution in [3.8, 4) is 0 Å². The third-order valence-corrected chi connectivity index (χ3v) is 3.95. The first-order valence-corrected chi connectivity index (χ1v) is 7.66. The fraction of sp³-hybridized carbons (Fsp3) is 0.176. The molecule has 0 aromatic heterocycles. The highest BCUT2D eigenvalue weighted by Crippen LogP contribution is 2.20. The van der Waals surface area contributed by atoms with Crippen molar-refractivity contribution in [2.45, 2.75) is 20.3 Å². The second kappa shape index (κ2) is 7.22. The van der Waals surface area contributed by atoms with Gasteiger partial charge in [-0.1, -0.05) is 34.1 Å². The first kappa shape index (κ1) is 16.2. The van der Waals surface area contributed by atoms with Crippen molar-refractivity contribution in [2.75, 3.05) is 10.6 Å². The minimum atomic E-state index is -0.115. The molecule has 4 nitrogen and oxygen atoms in total. The van der Waals surface area contributed by atoms with E-state index < -0.39 is 0 Å². The second-order valence-corrected chi connectivity index (χ2v) is 5.92. The van der Waals surface area contributed by atoms with Gasteiger partial charge >= 0.3 is 0 Å². The van der Waals surface area contributed by atoms with Crippen molar-refractivity contribution >= 4 is 39.1 Å². The molecule has 0 fully saturated rings. The quantitative estimate of drug-likeness (QED) is 0.868. The molecule has 0 saturated heterocycles.